The second kappa shape index (κ2) is 9.91. The molecule has 4 atom stereocenters. The molecule has 1 aromatic carbocycles. The van der Waals surface area contributed by atoms with Gasteiger partial charge in [0.05, 0.1) is 11.9 Å². The number of aliphatic carboxylic acids is 1. The Balaban J connectivity index is 1.86. The largest absolute Gasteiger partial charge is 0.479 e. The van der Waals surface area contributed by atoms with Crippen molar-refractivity contribution in [2.45, 2.75) is 50.2 Å². The van der Waals surface area contributed by atoms with Gasteiger partial charge in [-0.3, -0.25) is 14.4 Å². The Morgan fingerprint density at radius 2 is 1.94 bits per heavy atom. The van der Waals surface area contributed by atoms with Gasteiger partial charge in [-0.2, -0.15) is 0 Å². The van der Waals surface area contributed by atoms with Gasteiger partial charge in [0.2, 0.25) is 17.7 Å². The number of carbonyl (C=O) groups excluding carboxylic acids is 3. The molecule has 2 fully saturated rings. The minimum absolute atomic E-state index is 0.0904. The summed E-state index contributed by atoms with van der Waals surface area (Å²) in [6, 6.07) is 5.68. The van der Waals surface area contributed by atoms with E-state index in [-0.39, 0.29) is 23.7 Å². The van der Waals surface area contributed by atoms with E-state index in [4.69, 9.17) is 0 Å². The zero-order valence-corrected chi connectivity index (χ0v) is 19.3. The van der Waals surface area contributed by atoms with Crippen molar-refractivity contribution in [3.05, 3.63) is 35.9 Å². The molecule has 10 heteroatoms. The first-order valence-electron chi connectivity index (χ1n) is 10.6. The number of carboxylic acid groups (broad SMARTS) is 1. The van der Waals surface area contributed by atoms with E-state index in [1.807, 2.05) is 13.8 Å². The van der Waals surface area contributed by atoms with Crippen molar-refractivity contribution < 1.29 is 24.3 Å². The molecule has 2 saturated heterocycles. The summed E-state index contributed by atoms with van der Waals surface area (Å²) in [7, 11) is 1.65. The SMILES string of the molecule is CNCC(=O)N[C@H]1CCSC2CC(C)(C)[C@@H](C(=O)NC(C(=O)O)c3ccccc3)N2C1=O. The molecule has 3 amide bonds. The summed E-state index contributed by atoms with van der Waals surface area (Å²) >= 11 is 1.59. The topological polar surface area (TPSA) is 128 Å². The monoisotopic (exact) mass is 462 g/mol. The number of fused-ring (bicyclic) bond motifs is 1. The maximum Gasteiger partial charge on any atom is 0.330 e. The van der Waals surface area contributed by atoms with Crippen molar-refractivity contribution in [3.8, 4) is 0 Å². The predicted octanol–water partition coefficient (Wildman–Crippen LogP) is 0.723. The van der Waals surface area contributed by atoms with Crippen molar-refractivity contribution in [1.82, 2.24) is 20.9 Å². The lowest BCUT2D eigenvalue weighted by atomic mass is 9.83. The van der Waals surface area contributed by atoms with E-state index >= 15 is 0 Å². The second-order valence-electron chi connectivity index (χ2n) is 8.80. The summed E-state index contributed by atoms with van der Waals surface area (Å²) in [5, 5.41) is 17.7. The number of carbonyl (C=O) groups is 4. The smallest absolute Gasteiger partial charge is 0.330 e. The maximum absolute atomic E-state index is 13.4. The third kappa shape index (κ3) is 5.07. The summed E-state index contributed by atoms with van der Waals surface area (Å²) in [6.07, 6.45) is 1.07. The van der Waals surface area contributed by atoms with Crippen molar-refractivity contribution in [2.24, 2.45) is 5.41 Å². The molecule has 1 aromatic rings. The summed E-state index contributed by atoms with van der Waals surface area (Å²) in [6.45, 7) is 3.91. The summed E-state index contributed by atoms with van der Waals surface area (Å²) in [4.78, 5) is 52.4. The fourth-order valence-corrected chi connectivity index (χ4v) is 5.99. The minimum atomic E-state index is -1.22. The van der Waals surface area contributed by atoms with Crippen LogP contribution in [0.4, 0.5) is 0 Å². The normalized spacial score (nSPS) is 25.4. The number of amides is 3. The van der Waals surface area contributed by atoms with Gasteiger partial charge in [-0.25, -0.2) is 4.79 Å². The second-order valence-corrected chi connectivity index (χ2v) is 10.1. The molecule has 4 N–H and O–H groups in total. The van der Waals surface area contributed by atoms with Crippen LogP contribution in [0.15, 0.2) is 30.3 Å². The van der Waals surface area contributed by atoms with E-state index in [0.717, 1.165) is 0 Å². The van der Waals surface area contributed by atoms with Crippen molar-refractivity contribution >= 4 is 35.5 Å². The number of hydrogen-bond acceptors (Lipinski definition) is 6. The van der Waals surface area contributed by atoms with Gasteiger partial charge in [0.25, 0.3) is 0 Å². The number of nitrogens with zero attached hydrogens (tertiary/aromatic N) is 1. The summed E-state index contributed by atoms with van der Waals surface area (Å²) in [5.41, 5.74) is -0.108. The highest BCUT2D eigenvalue weighted by molar-refractivity contribution is 7.99. The lowest BCUT2D eigenvalue weighted by Crippen LogP contribution is -2.57. The van der Waals surface area contributed by atoms with Gasteiger partial charge in [-0.05, 0) is 36.6 Å². The molecule has 174 valence electrons. The van der Waals surface area contributed by atoms with Crippen molar-refractivity contribution in [3.63, 3.8) is 0 Å². The number of hydrogen-bond donors (Lipinski definition) is 4. The highest BCUT2D eigenvalue weighted by atomic mass is 32.2. The highest BCUT2D eigenvalue weighted by Gasteiger charge is 2.54. The molecule has 9 nitrogen and oxygen atoms in total. The lowest BCUT2D eigenvalue weighted by molar-refractivity contribution is -0.146. The fraction of sp³-hybridized carbons (Fsp3) is 0.545. The van der Waals surface area contributed by atoms with Crippen LogP contribution in [0.25, 0.3) is 0 Å². The van der Waals surface area contributed by atoms with E-state index in [1.165, 1.54) is 0 Å². The molecule has 0 aromatic heterocycles. The van der Waals surface area contributed by atoms with Crippen LogP contribution in [0.5, 0.6) is 0 Å². The number of rotatable bonds is 7. The average Bonchev–Trinajstić information content (AvgIpc) is 2.93. The van der Waals surface area contributed by atoms with Crippen LogP contribution in [-0.2, 0) is 19.2 Å². The van der Waals surface area contributed by atoms with Crippen LogP contribution >= 0.6 is 11.8 Å². The number of carboxylic acids is 1. The van der Waals surface area contributed by atoms with Crippen LogP contribution in [0.3, 0.4) is 0 Å². The van der Waals surface area contributed by atoms with E-state index in [9.17, 15) is 24.3 Å². The van der Waals surface area contributed by atoms with Gasteiger partial charge in [0, 0.05) is 0 Å². The van der Waals surface area contributed by atoms with Crippen LogP contribution in [0.2, 0.25) is 0 Å². The third-order valence-electron chi connectivity index (χ3n) is 5.89. The maximum atomic E-state index is 13.4. The molecule has 32 heavy (non-hydrogen) atoms. The van der Waals surface area contributed by atoms with Crippen LogP contribution in [-0.4, -0.2) is 70.5 Å². The van der Waals surface area contributed by atoms with Crippen LogP contribution < -0.4 is 16.0 Å². The number of nitrogens with one attached hydrogen (secondary N) is 3. The van der Waals surface area contributed by atoms with E-state index < -0.39 is 35.4 Å². The molecule has 2 aliphatic rings. The fourth-order valence-electron chi connectivity index (χ4n) is 4.41. The average molecular weight is 463 g/mol. The molecule has 0 radical (unpaired) electrons. The van der Waals surface area contributed by atoms with Crippen molar-refractivity contribution in [2.75, 3.05) is 19.3 Å². The lowest BCUT2D eigenvalue weighted by Gasteiger charge is -2.34. The summed E-state index contributed by atoms with van der Waals surface area (Å²) in [5.74, 6) is -1.61. The Labute approximate surface area is 191 Å². The number of likely N-dealkylation sites (N-methyl/N-ethyl adjacent to an activating group) is 1. The first kappa shape index (κ1) is 24.1. The molecule has 2 heterocycles. The van der Waals surface area contributed by atoms with Gasteiger partial charge < -0.3 is 26.0 Å². The highest BCUT2D eigenvalue weighted by Crippen LogP contribution is 2.46. The molecule has 0 aliphatic carbocycles. The molecule has 2 unspecified atom stereocenters. The van der Waals surface area contributed by atoms with Gasteiger partial charge >= 0.3 is 5.97 Å². The van der Waals surface area contributed by atoms with Gasteiger partial charge in [-0.15, -0.1) is 11.8 Å². The van der Waals surface area contributed by atoms with E-state index in [0.29, 0.717) is 24.2 Å². The molecule has 0 saturated carbocycles. The molecular formula is C22H30N4O5S. The first-order valence-corrected chi connectivity index (χ1v) is 11.7. The van der Waals surface area contributed by atoms with E-state index in [2.05, 4.69) is 16.0 Å². The molecule has 2 aliphatic heterocycles. The van der Waals surface area contributed by atoms with Gasteiger partial charge in [-0.1, -0.05) is 44.2 Å². The predicted molar refractivity (Wildman–Crippen MR) is 121 cm³/mol. The zero-order chi connectivity index (χ0) is 23.5. The van der Waals surface area contributed by atoms with E-state index in [1.54, 1.807) is 54.0 Å². The Morgan fingerprint density at radius 3 is 2.56 bits per heavy atom. The van der Waals surface area contributed by atoms with Gasteiger partial charge in [0.15, 0.2) is 6.04 Å². The molecule has 0 spiro atoms. The molecule has 0 bridgehead atoms. The Hall–Kier alpha value is -2.59. The molecule has 3 rings (SSSR count). The number of benzene rings is 1. The first-order chi connectivity index (χ1) is 15.2. The van der Waals surface area contributed by atoms with Gasteiger partial charge in [0.1, 0.15) is 12.1 Å². The van der Waals surface area contributed by atoms with Crippen LogP contribution in [0.1, 0.15) is 38.3 Å². The standard InChI is InChI=1S/C22H30N4O5S/c1-22(2)11-16-26(20(29)14(9-10-32-16)24-15(27)12-23-3)18(22)19(28)25-17(21(30)31)13-7-5-4-6-8-13/h4-8,14,16-18,23H,9-12H2,1-3H3,(H,24,27)(H,25,28)(H,30,31)/t14-,16?,17?,18+/m0/s1. The minimum Gasteiger partial charge on any atom is -0.479 e. The zero-order valence-electron chi connectivity index (χ0n) is 18.5. The summed E-state index contributed by atoms with van der Waals surface area (Å²) < 4.78 is 0. The van der Waals surface area contributed by atoms with Crippen molar-refractivity contribution in [1.29, 1.82) is 0 Å². The third-order valence-corrected chi connectivity index (χ3v) is 7.14. The number of thioether (sulfide) groups is 1. The Morgan fingerprint density at radius 1 is 1.25 bits per heavy atom. The Kier molecular flexibility index (Phi) is 7.45. The van der Waals surface area contributed by atoms with Crippen LogP contribution in [0, 0.1) is 5.41 Å². The molecular weight excluding hydrogens is 432 g/mol. The quantitative estimate of drug-likeness (QED) is 0.470. The Bertz CT molecular complexity index is 878.